The molecule has 0 spiro atoms. The molecule has 6 heteroatoms. The minimum absolute atomic E-state index is 0.00998. The summed E-state index contributed by atoms with van der Waals surface area (Å²) in [6.45, 7) is 0.726. The van der Waals surface area contributed by atoms with Gasteiger partial charge in [0.1, 0.15) is 23.8 Å². The minimum Gasteiger partial charge on any atom is -0.490 e. The number of amides is 1. The molecule has 1 fully saturated rings. The summed E-state index contributed by atoms with van der Waals surface area (Å²) in [5.74, 6) is -0.189. The van der Waals surface area contributed by atoms with Gasteiger partial charge in [-0.15, -0.1) is 0 Å². The van der Waals surface area contributed by atoms with Gasteiger partial charge in [-0.2, -0.15) is 0 Å². The third kappa shape index (κ3) is 4.55. The zero-order valence-electron chi connectivity index (χ0n) is 13.7. The van der Waals surface area contributed by atoms with Crippen LogP contribution in [0.25, 0.3) is 0 Å². The standard InChI is InChI=1S/C19H20FNO4/c20-16-6-4-5-15(11-16)18(22)21-9-10-24-13-19(23,12-21)14-25-17-7-2-1-3-8-17/h1-8,11,23H,9-10,12-14H2/t19-/m1/s1. The number of carbonyl (C=O) groups excluding carboxylic acids is 1. The average molecular weight is 345 g/mol. The van der Waals surface area contributed by atoms with Crippen molar-refractivity contribution in [2.75, 3.05) is 32.9 Å². The van der Waals surface area contributed by atoms with Crippen LogP contribution in [-0.4, -0.2) is 54.4 Å². The molecule has 0 unspecified atom stereocenters. The van der Waals surface area contributed by atoms with Crippen LogP contribution < -0.4 is 4.74 Å². The molecule has 132 valence electrons. The molecule has 1 amide bonds. The normalized spacial score (nSPS) is 20.8. The first kappa shape index (κ1) is 17.4. The van der Waals surface area contributed by atoms with E-state index in [9.17, 15) is 14.3 Å². The maximum atomic E-state index is 13.4. The second-order valence-electron chi connectivity index (χ2n) is 6.12. The Morgan fingerprint density at radius 1 is 1.24 bits per heavy atom. The van der Waals surface area contributed by atoms with Crippen molar-refractivity contribution in [3.8, 4) is 5.75 Å². The fraction of sp³-hybridized carbons (Fsp3) is 0.316. The zero-order valence-corrected chi connectivity index (χ0v) is 13.7. The number of aliphatic hydroxyl groups is 1. The van der Waals surface area contributed by atoms with Crippen LogP contribution in [0.5, 0.6) is 5.75 Å². The Morgan fingerprint density at radius 3 is 2.80 bits per heavy atom. The zero-order chi connectivity index (χ0) is 17.7. The summed E-state index contributed by atoms with van der Waals surface area (Å²) in [7, 11) is 0. The maximum absolute atomic E-state index is 13.4. The van der Waals surface area contributed by atoms with Gasteiger partial charge in [-0.1, -0.05) is 24.3 Å². The molecule has 1 heterocycles. The molecule has 5 nitrogen and oxygen atoms in total. The van der Waals surface area contributed by atoms with Gasteiger partial charge < -0.3 is 19.5 Å². The second kappa shape index (κ2) is 7.63. The maximum Gasteiger partial charge on any atom is 0.254 e. The van der Waals surface area contributed by atoms with E-state index in [1.807, 2.05) is 18.2 Å². The number of hydrogen-bond donors (Lipinski definition) is 1. The summed E-state index contributed by atoms with van der Waals surface area (Å²) < 4.78 is 24.4. The highest BCUT2D eigenvalue weighted by Gasteiger charge is 2.35. The predicted molar refractivity (Wildman–Crippen MR) is 90.0 cm³/mol. The largest absolute Gasteiger partial charge is 0.490 e. The number of halogens is 1. The van der Waals surface area contributed by atoms with E-state index in [-0.39, 0.29) is 31.2 Å². The Bertz CT molecular complexity index is 724. The first-order valence-electron chi connectivity index (χ1n) is 8.09. The molecule has 2 aromatic rings. The lowest BCUT2D eigenvalue weighted by Gasteiger charge is -2.30. The second-order valence-corrected chi connectivity index (χ2v) is 6.12. The average Bonchev–Trinajstić information content (AvgIpc) is 2.83. The van der Waals surface area contributed by atoms with Crippen molar-refractivity contribution in [1.29, 1.82) is 0 Å². The molecule has 2 aromatic carbocycles. The van der Waals surface area contributed by atoms with Crippen LogP contribution >= 0.6 is 0 Å². The number of benzene rings is 2. The molecule has 1 aliphatic rings. The summed E-state index contributed by atoms with van der Waals surface area (Å²) in [6, 6.07) is 14.6. The molecule has 0 saturated carbocycles. The molecule has 25 heavy (non-hydrogen) atoms. The van der Waals surface area contributed by atoms with Crippen LogP contribution in [0.4, 0.5) is 4.39 Å². The van der Waals surface area contributed by atoms with Crippen LogP contribution in [0.1, 0.15) is 10.4 Å². The van der Waals surface area contributed by atoms with Gasteiger partial charge in [0.15, 0.2) is 0 Å². The molecule has 0 aliphatic carbocycles. The minimum atomic E-state index is -1.34. The smallest absolute Gasteiger partial charge is 0.254 e. The van der Waals surface area contributed by atoms with Crippen LogP contribution in [0.15, 0.2) is 54.6 Å². The monoisotopic (exact) mass is 345 g/mol. The lowest BCUT2D eigenvalue weighted by molar-refractivity contribution is -0.0621. The number of carbonyl (C=O) groups is 1. The molecule has 3 rings (SSSR count). The molecule has 1 saturated heterocycles. The van der Waals surface area contributed by atoms with Crippen molar-refractivity contribution in [2.24, 2.45) is 0 Å². The van der Waals surface area contributed by atoms with Crippen LogP contribution in [0.2, 0.25) is 0 Å². The van der Waals surface area contributed by atoms with Gasteiger partial charge >= 0.3 is 0 Å². The first-order valence-corrected chi connectivity index (χ1v) is 8.09. The van der Waals surface area contributed by atoms with E-state index < -0.39 is 11.4 Å². The van der Waals surface area contributed by atoms with Crippen molar-refractivity contribution in [1.82, 2.24) is 4.90 Å². The summed E-state index contributed by atoms with van der Waals surface area (Å²) in [6.07, 6.45) is 0. The van der Waals surface area contributed by atoms with Gasteiger partial charge in [0.25, 0.3) is 5.91 Å². The predicted octanol–water partition coefficient (Wildman–Crippen LogP) is 2.11. The Morgan fingerprint density at radius 2 is 2.04 bits per heavy atom. The van der Waals surface area contributed by atoms with Crippen molar-refractivity contribution < 1.29 is 23.8 Å². The van der Waals surface area contributed by atoms with Crippen LogP contribution in [0, 0.1) is 5.82 Å². The van der Waals surface area contributed by atoms with Gasteiger partial charge in [-0.3, -0.25) is 4.79 Å². The number of nitrogens with zero attached hydrogens (tertiary/aromatic N) is 1. The van der Waals surface area contributed by atoms with Crippen molar-refractivity contribution in [2.45, 2.75) is 5.60 Å². The van der Waals surface area contributed by atoms with Crippen LogP contribution in [0.3, 0.4) is 0 Å². The molecular formula is C19H20FNO4. The quantitative estimate of drug-likeness (QED) is 0.922. The molecule has 0 radical (unpaired) electrons. The van der Waals surface area contributed by atoms with Crippen molar-refractivity contribution in [3.63, 3.8) is 0 Å². The fourth-order valence-corrected chi connectivity index (χ4v) is 2.72. The summed E-state index contributed by atoms with van der Waals surface area (Å²) in [5, 5.41) is 10.8. The highest BCUT2D eigenvalue weighted by molar-refractivity contribution is 5.94. The number of β-amino-alcohol motifs (C(OH)–C–C–N with tert-alkyl or cyclic N) is 1. The molecule has 1 N–H and O–H groups in total. The molecule has 1 aliphatic heterocycles. The van der Waals surface area contributed by atoms with Gasteiger partial charge in [0.05, 0.1) is 19.8 Å². The van der Waals surface area contributed by atoms with Gasteiger partial charge in [0.2, 0.25) is 0 Å². The summed E-state index contributed by atoms with van der Waals surface area (Å²) in [5.41, 5.74) is -1.09. The van der Waals surface area contributed by atoms with E-state index in [1.165, 1.54) is 23.1 Å². The Balaban J connectivity index is 1.70. The van der Waals surface area contributed by atoms with E-state index in [2.05, 4.69) is 0 Å². The van der Waals surface area contributed by atoms with Crippen molar-refractivity contribution in [3.05, 3.63) is 66.0 Å². The highest BCUT2D eigenvalue weighted by atomic mass is 19.1. The van der Waals surface area contributed by atoms with E-state index in [4.69, 9.17) is 9.47 Å². The SMILES string of the molecule is O=C(c1cccc(F)c1)N1CCOC[C@@](O)(COc2ccccc2)C1. The Labute approximate surface area is 145 Å². The Hall–Kier alpha value is -2.44. The third-order valence-corrected chi connectivity index (χ3v) is 3.97. The number of hydrogen-bond acceptors (Lipinski definition) is 4. The molecule has 0 aromatic heterocycles. The van der Waals surface area contributed by atoms with Gasteiger partial charge in [0, 0.05) is 12.1 Å². The summed E-state index contributed by atoms with van der Waals surface area (Å²) in [4.78, 5) is 14.1. The molecule has 0 bridgehead atoms. The first-order chi connectivity index (χ1) is 12.1. The third-order valence-electron chi connectivity index (χ3n) is 3.97. The van der Waals surface area contributed by atoms with Crippen LogP contribution in [-0.2, 0) is 4.74 Å². The Kier molecular flexibility index (Phi) is 5.31. The number of ether oxygens (including phenoxy) is 2. The summed E-state index contributed by atoms with van der Waals surface area (Å²) >= 11 is 0. The highest BCUT2D eigenvalue weighted by Crippen LogP contribution is 2.18. The van der Waals surface area contributed by atoms with E-state index in [0.29, 0.717) is 18.9 Å². The van der Waals surface area contributed by atoms with Gasteiger partial charge in [-0.05, 0) is 30.3 Å². The molecular weight excluding hydrogens is 325 g/mol. The van der Waals surface area contributed by atoms with Crippen molar-refractivity contribution >= 4 is 5.91 Å². The fourth-order valence-electron chi connectivity index (χ4n) is 2.72. The number of para-hydroxylation sites is 1. The van der Waals surface area contributed by atoms with E-state index in [0.717, 1.165) is 0 Å². The lowest BCUT2D eigenvalue weighted by Crippen LogP contribution is -2.50. The lowest BCUT2D eigenvalue weighted by atomic mass is 10.1. The van der Waals surface area contributed by atoms with E-state index in [1.54, 1.807) is 18.2 Å². The van der Waals surface area contributed by atoms with Gasteiger partial charge in [-0.25, -0.2) is 4.39 Å². The topological polar surface area (TPSA) is 59.0 Å². The molecule has 1 atom stereocenters. The van der Waals surface area contributed by atoms with E-state index >= 15 is 0 Å². The number of rotatable bonds is 4.